The summed E-state index contributed by atoms with van der Waals surface area (Å²) in [5.74, 6) is -1.05. The molecule has 0 spiro atoms. The quantitative estimate of drug-likeness (QED) is 0.800. The first-order valence-corrected chi connectivity index (χ1v) is 6.82. The third-order valence-electron chi connectivity index (χ3n) is 2.69. The number of carbonyl (C=O) groups excluding carboxylic acids is 1. The van der Waals surface area contributed by atoms with Gasteiger partial charge in [0.25, 0.3) is 5.91 Å². The third kappa shape index (κ3) is 4.38. The number of amides is 1. The van der Waals surface area contributed by atoms with Gasteiger partial charge in [-0.3, -0.25) is 4.79 Å². The van der Waals surface area contributed by atoms with Crippen molar-refractivity contribution in [3.8, 4) is 5.75 Å². The van der Waals surface area contributed by atoms with Crippen molar-refractivity contribution < 1.29 is 19.4 Å². The minimum atomic E-state index is -1.07. The highest BCUT2D eigenvalue weighted by atomic mass is 127. The van der Waals surface area contributed by atoms with E-state index >= 15 is 0 Å². The highest BCUT2D eigenvalue weighted by Crippen LogP contribution is 2.21. The molecule has 1 rings (SSSR count). The van der Waals surface area contributed by atoms with Crippen molar-refractivity contribution in [2.75, 3.05) is 13.7 Å². The third-order valence-corrected chi connectivity index (χ3v) is 3.36. The Morgan fingerprint density at radius 1 is 1.42 bits per heavy atom. The maximum absolute atomic E-state index is 11.8. The van der Waals surface area contributed by atoms with Crippen molar-refractivity contribution >= 4 is 34.5 Å². The lowest BCUT2D eigenvalue weighted by Gasteiger charge is -2.21. The van der Waals surface area contributed by atoms with E-state index in [1.165, 1.54) is 6.07 Å². The van der Waals surface area contributed by atoms with E-state index in [9.17, 15) is 9.59 Å². The van der Waals surface area contributed by atoms with E-state index in [4.69, 9.17) is 9.84 Å². The molecule has 0 aliphatic heterocycles. The van der Waals surface area contributed by atoms with Gasteiger partial charge in [0.15, 0.2) is 6.61 Å². The molecule has 0 heterocycles. The summed E-state index contributed by atoms with van der Waals surface area (Å²) in [4.78, 5) is 24.4. The van der Waals surface area contributed by atoms with Crippen molar-refractivity contribution in [3.63, 3.8) is 0 Å². The van der Waals surface area contributed by atoms with Crippen LogP contribution < -0.4 is 4.74 Å². The van der Waals surface area contributed by atoms with Gasteiger partial charge < -0.3 is 14.7 Å². The van der Waals surface area contributed by atoms with Gasteiger partial charge in [0.1, 0.15) is 11.3 Å². The first kappa shape index (κ1) is 15.7. The maximum atomic E-state index is 11.8. The zero-order valence-electron chi connectivity index (χ0n) is 11.0. The molecule has 0 fully saturated rings. The number of carboxylic acid groups (broad SMARTS) is 1. The molecule has 0 aliphatic rings. The van der Waals surface area contributed by atoms with Gasteiger partial charge in [-0.15, -0.1) is 0 Å². The standard InChI is InChI=1S/C13H16INO4/c1-8(2)15(3)12(16)7-19-11-5-4-9(14)6-10(11)13(17)18/h4-6,8H,7H2,1-3H3,(H,17,18). The fourth-order valence-electron chi connectivity index (χ4n) is 1.32. The summed E-state index contributed by atoms with van der Waals surface area (Å²) in [7, 11) is 1.68. The molecule has 1 N–H and O–H groups in total. The molecule has 1 aromatic rings. The molecule has 0 saturated carbocycles. The number of aromatic carboxylic acids is 1. The zero-order valence-corrected chi connectivity index (χ0v) is 13.2. The Kier molecular flexibility index (Phi) is 5.59. The fourth-order valence-corrected chi connectivity index (χ4v) is 1.82. The molecule has 0 aliphatic carbocycles. The molecule has 6 heteroatoms. The highest BCUT2D eigenvalue weighted by molar-refractivity contribution is 14.1. The average Bonchev–Trinajstić information content (AvgIpc) is 2.35. The Bertz CT molecular complexity index is 488. The Morgan fingerprint density at radius 3 is 2.58 bits per heavy atom. The topological polar surface area (TPSA) is 66.8 Å². The van der Waals surface area contributed by atoms with Crippen LogP contribution in [0.3, 0.4) is 0 Å². The maximum Gasteiger partial charge on any atom is 0.339 e. The Morgan fingerprint density at radius 2 is 2.05 bits per heavy atom. The first-order valence-electron chi connectivity index (χ1n) is 5.74. The smallest absolute Gasteiger partial charge is 0.339 e. The van der Waals surface area contributed by atoms with E-state index in [2.05, 4.69) is 0 Å². The van der Waals surface area contributed by atoms with Crippen LogP contribution in [-0.4, -0.2) is 41.6 Å². The van der Waals surface area contributed by atoms with E-state index in [1.54, 1.807) is 24.1 Å². The molecule has 1 aromatic carbocycles. The first-order chi connectivity index (χ1) is 8.82. The van der Waals surface area contributed by atoms with Crippen molar-refractivity contribution in [2.45, 2.75) is 19.9 Å². The molecule has 0 atom stereocenters. The molecule has 104 valence electrons. The molecule has 0 radical (unpaired) electrons. The normalized spacial score (nSPS) is 10.4. The summed E-state index contributed by atoms with van der Waals surface area (Å²) in [6.07, 6.45) is 0. The molecule has 0 bridgehead atoms. The van der Waals surface area contributed by atoms with E-state index in [1.807, 2.05) is 36.4 Å². The second kappa shape index (κ2) is 6.74. The molecular formula is C13H16INO4. The van der Waals surface area contributed by atoms with Crippen LogP contribution in [0.2, 0.25) is 0 Å². The average molecular weight is 377 g/mol. The second-order valence-electron chi connectivity index (χ2n) is 4.33. The number of likely N-dealkylation sites (N-methyl/N-ethyl adjacent to an activating group) is 1. The number of carbonyl (C=O) groups is 2. The van der Waals surface area contributed by atoms with Crippen molar-refractivity contribution in [1.29, 1.82) is 0 Å². The van der Waals surface area contributed by atoms with Gasteiger partial charge in [0.2, 0.25) is 0 Å². The van der Waals surface area contributed by atoms with Crippen molar-refractivity contribution in [2.24, 2.45) is 0 Å². The van der Waals surface area contributed by atoms with Crippen LogP contribution in [0, 0.1) is 3.57 Å². The number of carboxylic acids is 1. The molecule has 1 amide bonds. The van der Waals surface area contributed by atoms with E-state index in [-0.39, 0.29) is 29.9 Å². The number of nitrogens with zero attached hydrogens (tertiary/aromatic N) is 1. The van der Waals surface area contributed by atoms with E-state index in [0.29, 0.717) is 0 Å². The molecular weight excluding hydrogens is 361 g/mol. The van der Waals surface area contributed by atoms with Gasteiger partial charge >= 0.3 is 5.97 Å². The fraction of sp³-hybridized carbons (Fsp3) is 0.385. The van der Waals surface area contributed by atoms with E-state index < -0.39 is 5.97 Å². The van der Waals surface area contributed by atoms with Gasteiger partial charge in [0.05, 0.1) is 0 Å². The van der Waals surface area contributed by atoms with Gasteiger partial charge in [-0.25, -0.2) is 4.79 Å². The summed E-state index contributed by atoms with van der Waals surface area (Å²) in [5.41, 5.74) is 0.0619. The van der Waals surface area contributed by atoms with Crippen LogP contribution in [0.25, 0.3) is 0 Å². The van der Waals surface area contributed by atoms with Crippen molar-refractivity contribution in [1.82, 2.24) is 4.90 Å². The number of hydrogen-bond acceptors (Lipinski definition) is 3. The highest BCUT2D eigenvalue weighted by Gasteiger charge is 2.16. The lowest BCUT2D eigenvalue weighted by atomic mass is 10.2. The lowest BCUT2D eigenvalue weighted by Crippen LogP contribution is -2.36. The summed E-state index contributed by atoms with van der Waals surface area (Å²) in [6.45, 7) is 3.62. The molecule has 0 aromatic heterocycles. The number of halogens is 1. The van der Waals surface area contributed by atoms with Gasteiger partial charge in [0, 0.05) is 16.7 Å². The summed E-state index contributed by atoms with van der Waals surface area (Å²) in [6, 6.07) is 4.88. The van der Waals surface area contributed by atoms with E-state index in [0.717, 1.165) is 3.57 Å². The molecule has 0 saturated heterocycles. The summed E-state index contributed by atoms with van der Waals surface area (Å²) >= 11 is 2.02. The monoisotopic (exact) mass is 377 g/mol. The Labute approximate surface area is 125 Å². The minimum absolute atomic E-state index is 0.0619. The van der Waals surface area contributed by atoms with Crippen LogP contribution in [0.5, 0.6) is 5.75 Å². The Hall–Kier alpha value is -1.31. The Balaban J connectivity index is 2.78. The molecule has 0 unspecified atom stereocenters. The number of hydrogen-bond donors (Lipinski definition) is 1. The summed E-state index contributed by atoms with van der Waals surface area (Å²) in [5, 5.41) is 9.07. The molecule has 5 nitrogen and oxygen atoms in total. The number of rotatable bonds is 5. The minimum Gasteiger partial charge on any atom is -0.483 e. The number of benzene rings is 1. The van der Waals surface area contributed by atoms with Gasteiger partial charge in [-0.1, -0.05) is 0 Å². The number of ether oxygens (including phenoxy) is 1. The van der Waals surface area contributed by atoms with Crippen molar-refractivity contribution in [3.05, 3.63) is 27.3 Å². The molecule has 19 heavy (non-hydrogen) atoms. The van der Waals surface area contributed by atoms with Crippen LogP contribution in [0.15, 0.2) is 18.2 Å². The van der Waals surface area contributed by atoms with Crippen LogP contribution in [0.4, 0.5) is 0 Å². The summed E-state index contributed by atoms with van der Waals surface area (Å²) < 4.78 is 6.11. The van der Waals surface area contributed by atoms with Crippen LogP contribution >= 0.6 is 22.6 Å². The predicted molar refractivity (Wildman–Crippen MR) is 79.5 cm³/mol. The predicted octanol–water partition coefficient (Wildman–Crippen LogP) is 2.23. The van der Waals surface area contributed by atoms with Gasteiger partial charge in [-0.2, -0.15) is 0 Å². The SMILES string of the molecule is CC(C)N(C)C(=O)COc1ccc(I)cc1C(=O)O. The van der Waals surface area contributed by atoms with Gasteiger partial charge in [-0.05, 0) is 54.6 Å². The zero-order chi connectivity index (χ0) is 14.6. The second-order valence-corrected chi connectivity index (χ2v) is 5.58. The lowest BCUT2D eigenvalue weighted by molar-refractivity contribution is -0.133. The van der Waals surface area contributed by atoms with Crippen LogP contribution in [-0.2, 0) is 4.79 Å². The largest absolute Gasteiger partial charge is 0.483 e. The van der Waals surface area contributed by atoms with Crippen LogP contribution in [0.1, 0.15) is 24.2 Å².